The highest BCUT2D eigenvalue weighted by Crippen LogP contribution is 2.16. The molecule has 0 saturated heterocycles. The van der Waals surface area contributed by atoms with Crippen LogP contribution in [0.4, 0.5) is 15.8 Å². The van der Waals surface area contributed by atoms with Gasteiger partial charge in [0.25, 0.3) is 5.91 Å². The predicted octanol–water partition coefficient (Wildman–Crippen LogP) is 4.46. The zero-order valence-electron chi connectivity index (χ0n) is 14.1. The second-order valence-electron chi connectivity index (χ2n) is 5.67. The molecule has 0 radical (unpaired) electrons. The van der Waals surface area contributed by atoms with Crippen LogP contribution in [0, 0.1) is 5.82 Å². The van der Waals surface area contributed by atoms with Gasteiger partial charge in [-0.15, -0.1) is 0 Å². The van der Waals surface area contributed by atoms with Crippen molar-refractivity contribution in [2.45, 2.75) is 6.54 Å². The lowest BCUT2D eigenvalue weighted by Crippen LogP contribution is -2.20. The van der Waals surface area contributed by atoms with Crippen LogP contribution in [0.3, 0.4) is 0 Å². The van der Waals surface area contributed by atoms with E-state index >= 15 is 0 Å². The Hall–Kier alpha value is -3.34. The maximum Gasteiger partial charge on any atom is 0.262 e. The lowest BCUT2D eigenvalue weighted by atomic mass is 10.2. The number of rotatable bonds is 7. The fraction of sp³-hybridized carbons (Fsp3) is 0.0952. The standard InChI is InChI=1S/C21H19FN2O2/c22-20-9-5-4-6-16(20)14-23-17-10-12-18(13-11-17)24-21(25)15-26-19-7-2-1-3-8-19/h1-13,23H,14-15H2,(H,24,25). The van der Waals surface area contributed by atoms with E-state index in [4.69, 9.17) is 4.74 Å². The van der Waals surface area contributed by atoms with Crippen LogP contribution in [0.15, 0.2) is 78.9 Å². The lowest BCUT2D eigenvalue weighted by Gasteiger charge is -2.10. The summed E-state index contributed by atoms with van der Waals surface area (Å²) in [7, 11) is 0. The summed E-state index contributed by atoms with van der Waals surface area (Å²) in [4.78, 5) is 11.9. The molecule has 3 rings (SSSR count). The molecule has 0 bridgehead atoms. The highest BCUT2D eigenvalue weighted by atomic mass is 19.1. The van der Waals surface area contributed by atoms with Gasteiger partial charge in [-0.1, -0.05) is 36.4 Å². The van der Waals surface area contributed by atoms with Gasteiger partial charge < -0.3 is 15.4 Å². The molecule has 0 fully saturated rings. The minimum Gasteiger partial charge on any atom is -0.484 e. The molecule has 0 aromatic heterocycles. The molecule has 0 heterocycles. The average Bonchev–Trinajstić information content (AvgIpc) is 2.68. The van der Waals surface area contributed by atoms with E-state index in [1.165, 1.54) is 6.07 Å². The number of ether oxygens (including phenoxy) is 1. The largest absolute Gasteiger partial charge is 0.484 e. The molecule has 1 amide bonds. The Kier molecular flexibility index (Phi) is 5.83. The number of hydrogen-bond acceptors (Lipinski definition) is 3. The highest BCUT2D eigenvalue weighted by molar-refractivity contribution is 5.92. The molecule has 3 aromatic carbocycles. The maximum absolute atomic E-state index is 13.6. The number of carbonyl (C=O) groups excluding carboxylic acids is 1. The van der Waals surface area contributed by atoms with Crippen molar-refractivity contribution in [2.75, 3.05) is 17.2 Å². The van der Waals surface area contributed by atoms with Crippen molar-refractivity contribution < 1.29 is 13.9 Å². The summed E-state index contributed by atoms with van der Waals surface area (Å²) in [6.45, 7) is 0.334. The van der Waals surface area contributed by atoms with Gasteiger partial charge in [0.15, 0.2) is 6.61 Å². The number of benzene rings is 3. The third kappa shape index (κ3) is 5.08. The van der Waals surface area contributed by atoms with Gasteiger partial charge in [-0.25, -0.2) is 4.39 Å². The van der Waals surface area contributed by atoms with Crippen LogP contribution in [-0.2, 0) is 11.3 Å². The Morgan fingerprint density at radius 2 is 1.50 bits per heavy atom. The van der Waals surface area contributed by atoms with Crippen molar-refractivity contribution in [2.24, 2.45) is 0 Å². The molecule has 5 heteroatoms. The summed E-state index contributed by atoms with van der Waals surface area (Å²) >= 11 is 0. The number of nitrogens with one attached hydrogen (secondary N) is 2. The van der Waals surface area contributed by atoms with Crippen molar-refractivity contribution >= 4 is 17.3 Å². The van der Waals surface area contributed by atoms with Gasteiger partial charge in [-0.05, 0) is 42.5 Å². The van der Waals surface area contributed by atoms with Crippen LogP contribution in [0.5, 0.6) is 5.75 Å². The van der Waals surface area contributed by atoms with Crippen molar-refractivity contribution in [3.8, 4) is 5.75 Å². The first-order valence-corrected chi connectivity index (χ1v) is 8.26. The third-order valence-electron chi connectivity index (χ3n) is 3.72. The molecule has 0 aliphatic heterocycles. The smallest absolute Gasteiger partial charge is 0.262 e. The van der Waals surface area contributed by atoms with Crippen molar-refractivity contribution in [1.82, 2.24) is 0 Å². The fourth-order valence-corrected chi connectivity index (χ4v) is 2.37. The minimum absolute atomic E-state index is 0.0582. The van der Waals surface area contributed by atoms with Gasteiger partial charge >= 0.3 is 0 Å². The number of para-hydroxylation sites is 1. The summed E-state index contributed by atoms with van der Waals surface area (Å²) < 4.78 is 19.0. The average molecular weight is 350 g/mol. The second-order valence-corrected chi connectivity index (χ2v) is 5.67. The molecule has 4 nitrogen and oxygen atoms in total. The highest BCUT2D eigenvalue weighted by Gasteiger charge is 2.04. The molecular weight excluding hydrogens is 331 g/mol. The van der Waals surface area contributed by atoms with Crippen LogP contribution < -0.4 is 15.4 Å². The van der Waals surface area contributed by atoms with Crippen LogP contribution >= 0.6 is 0 Å². The predicted molar refractivity (Wildman–Crippen MR) is 101 cm³/mol. The van der Waals surface area contributed by atoms with E-state index in [0.29, 0.717) is 23.5 Å². The molecule has 26 heavy (non-hydrogen) atoms. The molecule has 0 atom stereocenters. The molecule has 0 spiro atoms. The molecule has 0 saturated carbocycles. The monoisotopic (exact) mass is 350 g/mol. The summed E-state index contributed by atoms with van der Waals surface area (Å²) in [6, 6.07) is 23.0. The molecule has 3 aromatic rings. The zero-order chi connectivity index (χ0) is 18.2. The fourth-order valence-electron chi connectivity index (χ4n) is 2.37. The Morgan fingerprint density at radius 1 is 0.846 bits per heavy atom. The first-order valence-electron chi connectivity index (χ1n) is 8.26. The van der Waals surface area contributed by atoms with E-state index in [-0.39, 0.29) is 18.3 Å². The summed E-state index contributed by atoms with van der Waals surface area (Å²) in [5.41, 5.74) is 2.11. The van der Waals surface area contributed by atoms with E-state index in [2.05, 4.69) is 10.6 Å². The van der Waals surface area contributed by atoms with Gasteiger partial charge in [0.1, 0.15) is 11.6 Å². The Balaban J connectivity index is 1.48. The molecule has 0 aliphatic rings. The summed E-state index contributed by atoms with van der Waals surface area (Å²) in [5, 5.41) is 5.92. The number of anilines is 2. The Morgan fingerprint density at radius 3 is 2.23 bits per heavy atom. The topological polar surface area (TPSA) is 50.4 Å². The van der Waals surface area contributed by atoms with Crippen molar-refractivity contribution in [1.29, 1.82) is 0 Å². The Bertz CT molecular complexity index is 851. The van der Waals surface area contributed by atoms with Crippen molar-refractivity contribution in [3.05, 3.63) is 90.2 Å². The van der Waals surface area contributed by atoms with E-state index in [9.17, 15) is 9.18 Å². The molecule has 0 unspecified atom stereocenters. The maximum atomic E-state index is 13.6. The first kappa shape index (κ1) is 17.5. The van der Waals surface area contributed by atoms with Crippen LogP contribution in [0.1, 0.15) is 5.56 Å². The van der Waals surface area contributed by atoms with Crippen molar-refractivity contribution in [3.63, 3.8) is 0 Å². The van der Waals surface area contributed by atoms with Gasteiger partial charge in [0.2, 0.25) is 0 Å². The minimum atomic E-state index is -0.235. The SMILES string of the molecule is O=C(COc1ccccc1)Nc1ccc(NCc2ccccc2F)cc1. The van der Waals surface area contributed by atoms with E-state index in [1.807, 2.05) is 30.3 Å². The van der Waals surface area contributed by atoms with Gasteiger partial charge in [0.05, 0.1) is 0 Å². The number of amides is 1. The first-order chi connectivity index (χ1) is 12.7. The summed E-state index contributed by atoms with van der Waals surface area (Å²) in [6.07, 6.45) is 0. The van der Waals surface area contributed by atoms with Crippen LogP contribution in [0.25, 0.3) is 0 Å². The van der Waals surface area contributed by atoms with Gasteiger partial charge in [0, 0.05) is 23.5 Å². The molecular formula is C21H19FN2O2. The van der Waals surface area contributed by atoms with E-state index in [0.717, 1.165) is 5.69 Å². The van der Waals surface area contributed by atoms with E-state index in [1.54, 1.807) is 42.5 Å². The van der Waals surface area contributed by atoms with Crippen LogP contribution in [-0.4, -0.2) is 12.5 Å². The number of halogens is 1. The van der Waals surface area contributed by atoms with Gasteiger partial charge in [-0.3, -0.25) is 4.79 Å². The third-order valence-corrected chi connectivity index (χ3v) is 3.72. The number of hydrogen-bond donors (Lipinski definition) is 2. The van der Waals surface area contributed by atoms with Crippen LogP contribution in [0.2, 0.25) is 0 Å². The molecule has 2 N–H and O–H groups in total. The molecule has 132 valence electrons. The van der Waals surface area contributed by atoms with Gasteiger partial charge in [-0.2, -0.15) is 0 Å². The normalized spacial score (nSPS) is 10.2. The molecule has 0 aliphatic carbocycles. The summed E-state index contributed by atoms with van der Waals surface area (Å²) in [5.74, 6) is 0.179. The lowest BCUT2D eigenvalue weighted by molar-refractivity contribution is -0.118. The Labute approximate surface area is 151 Å². The quantitative estimate of drug-likeness (QED) is 0.662. The number of carbonyl (C=O) groups is 1. The second kappa shape index (κ2) is 8.67. The zero-order valence-corrected chi connectivity index (χ0v) is 14.1. The van der Waals surface area contributed by atoms with E-state index < -0.39 is 0 Å².